The number of nitrogens with one attached hydrogen (secondary N) is 1. The highest BCUT2D eigenvalue weighted by Gasteiger charge is 2.11. The van der Waals surface area contributed by atoms with Crippen molar-refractivity contribution in [2.75, 3.05) is 32.3 Å². The van der Waals surface area contributed by atoms with E-state index in [2.05, 4.69) is 25.4 Å². The summed E-state index contributed by atoms with van der Waals surface area (Å²) in [5, 5.41) is 3.62. The van der Waals surface area contributed by atoms with Crippen molar-refractivity contribution in [3.8, 4) is 0 Å². The zero-order chi connectivity index (χ0) is 11.5. The summed E-state index contributed by atoms with van der Waals surface area (Å²) in [6, 6.07) is 0.610. The van der Waals surface area contributed by atoms with E-state index in [1.54, 1.807) is 7.11 Å². The van der Waals surface area contributed by atoms with E-state index in [0.29, 0.717) is 12.0 Å². The Morgan fingerprint density at radius 3 is 2.53 bits per heavy atom. The van der Waals surface area contributed by atoms with Crippen LogP contribution >= 0.6 is 11.8 Å². The van der Waals surface area contributed by atoms with Crippen molar-refractivity contribution >= 4 is 11.8 Å². The van der Waals surface area contributed by atoms with Crippen molar-refractivity contribution in [1.82, 2.24) is 5.32 Å². The first-order chi connectivity index (χ1) is 7.22. The highest BCUT2D eigenvalue weighted by Crippen LogP contribution is 2.06. The molecule has 0 aliphatic carbocycles. The van der Waals surface area contributed by atoms with Crippen LogP contribution < -0.4 is 5.32 Å². The third-order valence-electron chi connectivity index (χ3n) is 2.62. The van der Waals surface area contributed by atoms with Crippen molar-refractivity contribution in [3.05, 3.63) is 0 Å². The summed E-state index contributed by atoms with van der Waals surface area (Å²) in [5.74, 6) is 1.98. The second-order valence-corrected chi connectivity index (χ2v) is 5.27. The number of hydrogen-bond acceptors (Lipinski definition) is 3. The molecule has 0 amide bonds. The van der Waals surface area contributed by atoms with Gasteiger partial charge in [-0.05, 0) is 43.7 Å². The van der Waals surface area contributed by atoms with Gasteiger partial charge in [-0.2, -0.15) is 11.8 Å². The second kappa shape index (κ2) is 10.8. The minimum absolute atomic E-state index is 0.610. The van der Waals surface area contributed by atoms with E-state index in [1.807, 2.05) is 11.8 Å². The minimum Gasteiger partial charge on any atom is -0.385 e. The summed E-state index contributed by atoms with van der Waals surface area (Å²) in [5.41, 5.74) is 0. The van der Waals surface area contributed by atoms with E-state index in [9.17, 15) is 0 Å². The van der Waals surface area contributed by atoms with Gasteiger partial charge in [-0.3, -0.25) is 0 Å². The van der Waals surface area contributed by atoms with E-state index in [4.69, 9.17) is 4.74 Å². The maximum atomic E-state index is 5.12. The van der Waals surface area contributed by atoms with Crippen LogP contribution in [0.1, 0.15) is 33.1 Å². The van der Waals surface area contributed by atoms with Crippen LogP contribution in [0.25, 0.3) is 0 Å². The lowest BCUT2D eigenvalue weighted by molar-refractivity contribution is 0.173. The molecular formula is C12H27NOS. The van der Waals surface area contributed by atoms with Crippen LogP contribution in [-0.2, 0) is 4.74 Å². The zero-order valence-corrected chi connectivity index (χ0v) is 11.5. The van der Waals surface area contributed by atoms with E-state index in [-0.39, 0.29) is 0 Å². The number of thioether (sulfide) groups is 1. The van der Waals surface area contributed by atoms with Crippen LogP contribution in [0.3, 0.4) is 0 Å². The SMILES string of the molecule is COCCC(NCCCCSC)C(C)C. The molecule has 0 radical (unpaired) electrons. The molecule has 1 atom stereocenters. The van der Waals surface area contributed by atoms with Gasteiger partial charge in [0.2, 0.25) is 0 Å². The van der Waals surface area contributed by atoms with Gasteiger partial charge >= 0.3 is 0 Å². The Hall–Kier alpha value is 0.270. The Morgan fingerprint density at radius 1 is 1.27 bits per heavy atom. The van der Waals surface area contributed by atoms with E-state index >= 15 is 0 Å². The molecule has 0 saturated carbocycles. The number of ether oxygens (including phenoxy) is 1. The molecule has 3 heteroatoms. The first-order valence-corrected chi connectivity index (χ1v) is 7.33. The molecule has 0 aromatic carbocycles. The molecule has 0 aromatic heterocycles. The molecule has 2 nitrogen and oxygen atoms in total. The van der Waals surface area contributed by atoms with Crippen LogP contribution in [0, 0.1) is 5.92 Å². The zero-order valence-electron chi connectivity index (χ0n) is 10.7. The largest absolute Gasteiger partial charge is 0.385 e. The topological polar surface area (TPSA) is 21.3 Å². The van der Waals surface area contributed by atoms with Crippen LogP contribution in [0.5, 0.6) is 0 Å². The number of methoxy groups -OCH3 is 1. The number of rotatable bonds is 10. The Labute approximate surface area is 99.5 Å². The minimum atomic E-state index is 0.610. The summed E-state index contributed by atoms with van der Waals surface area (Å²) in [6.45, 7) is 6.55. The number of unbranched alkanes of at least 4 members (excludes halogenated alkanes) is 1. The van der Waals surface area contributed by atoms with E-state index < -0.39 is 0 Å². The van der Waals surface area contributed by atoms with Gasteiger partial charge in [0.25, 0.3) is 0 Å². The number of hydrogen-bond donors (Lipinski definition) is 1. The Kier molecular flexibility index (Phi) is 11.0. The fourth-order valence-electron chi connectivity index (χ4n) is 1.57. The second-order valence-electron chi connectivity index (χ2n) is 4.29. The molecule has 1 unspecified atom stereocenters. The molecule has 0 rings (SSSR count). The molecule has 15 heavy (non-hydrogen) atoms. The van der Waals surface area contributed by atoms with Crippen molar-refractivity contribution in [2.45, 2.75) is 39.2 Å². The molecule has 0 aliphatic heterocycles. The van der Waals surface area contributed by atoms with Gasteiger partial charge in [0, 0.05) is 19.8 Å². The smallest absolute Gasteiger partial charge is 0.0477 e. The van der Waals surface area contributed by atoms with Crippen LogP contribution in [0.4, 0.5) is 0 Å². The van der Waals surface area contributed by atoms with E-state index in [0.717, 1.165) is 19.6 Å². The molecule has 92 valence electrons. The fraction of sp³-hybridized carbons (Fsp3) is 1.00. The Bertz CT molecular complexity index is 131. The maximum absolute atomic E-state index is 5.12. The van der Waals surface area contributed by atoms with Crippen molar-refractivity contribution in [3.63, 3.8) is 0 Å². The average molecular weight is 233 g/mol. The highest BCUT2D eigenvalue weighted by molar-refractivity contribution is 7.98. The lowest BCUT2D eigenvalue weighted by atomic mass is 10.0. The first-order valence-electron chi connectivity index (χ1n) is 5.93. The van der Waals surface area contributed by atoms with Gasteiger partial charge in [0.15, 0.2) is 0 Å². The monoisotopic (exact) mass is 233 g/mol. The molecule has 0 fully saturated rings. The molecule has 0 aromatic rings. The third kappa shape index (κ3) is 9.21. The van der Waals surface area contributed by atoms with Gasteiger partial charge in [-0.25, -0.2) is 0 Å². The van der Waals surface area contributed by atoms with Crippen LogP contribution in [0.2, 0.25) is 0 Å². The van der Waals surface area contributed by atoms with E-state index in [1.165, 1.54) is 18.6 Å². The Balaban J connectivity index is 3.48. The summed E-state index contributed by atoms with van der Waals surface area (Å²) in [7, 11) is 1.77. The molecule has 0 bridgehead atoms. The van der Waals surface area contributed by atoms with Gasteiger partial charge in [-0.15, -0.1) is 0 Å². The van der Waals surface area contributed by atoms with Gasteiger partial charge < -0.3 is 10.1 Å². The van der Waals surface area contributed by atoms with Crippen LogP contribution in [-0.4, -0.2) is 38.3 Å². The molecule has 0 spiro atoms. The third-order valence-corrected chi connectivity index (χ3v) is 3.32. The molecule has 1 N–H and O–H groups in total. The predicted molar refractivity (Wildman–Crippen MR) is 70.7 cm³/mol. The van der Waals surface area contributed by atoms with Gasteiger partial charge in [0.1, 0.15) is 0 Å². The summed E-state index contributed by atoms with van der Waals surface area (Å²) < 4.78 is 5.12. The average Bonchev–Trinajstić information content (AvgIpc) is 2.21. The highest BCUT2D eigenvalue weighted by atomic mass is 32.2. The van der Waals surface area contributed by atoms with Crippen molar-refractivity contribution < 1.29 is 4.74 Å². The predicted octanol–water partition coefficient (Wildman–Crippen LogP) is 2.78. The van der Waals surface area contributed by atoms with Crippen molar-refractivity contribution in [2.24, 2.45) is 5.92 Å². The van der Waals surface area contributed by atoms with Crippen molar-refractivity contribution in [1.29, 1.82) is 0 Å². The molecular weight excluding hydrogens is 206 g/mol. The summed E-state index contributed by atoms with van der Waals surface area (Å²) >= 11 is 1.93. The standard InChI is InChI=1S/C12H27NOS/c1-11(2)12(7-9-14-3)13-8-5-6-10-15-4/h11-13H,5-10H2,1-4H3. The maximum Gasteiger partial charge on any atom is 0.0477 e. The molecule has 0 heterocycles. The summed E-state index contributed by atoms with van der Waals surface area (Å²) in [6.07, 6.45) is 5.90. The summed E-state index contributed by atoms with van der Waals surface area (Å²) in [4.78, 5) is 0. The van der Waals surface area contributed by atoms with Gasteiger partial charge in [0.05, 0.1) is 0 Å². The first kappa shape index (κ1) is 15.3. The van der Waals surface area contributed by atoms with Gasteiger partial charge in [-0.1, -0.05) is 13.8 Å². The molecule has 0 saturated heterocycles. The molecule has 0 aliphatic rings. The quantitative estimate of drug-likeness (QED) is 0.586. The fourth-order valence-corrected chi connectivity index (χ4v) is 2.07. The van der Waals surface area contributed by atoms with Crippen LogP contribution in [0.15, 0.2) is 0 Å². The lowest BCUT2D eigenvalue weighted by Crippen LogP contribution is -2.35. The normalized spacial score (nSPS) is 13.4. The lowest BCUT2D eigenvalue weighted by Gasteiger charge is -2.22. The Morgan fingerprint density at radius 2 is 2.00 bits per heavy atom.